The molecule has 0 aliphatic rings. The molecule has 0 radical (unpaired) electrons. The first kappa shape index (κ1) is 14.5. The average molecular weight is 311 g/mol. The summed E-state index contributed by atoms with van der Waals surface area (Å²) in [6.07, 6.45) is 2.29. The fourth-order valence-electron chi connectivity index (χ4n) is 1.54. The van der Waals surface area contributed by atoms with Gasteiger partial charge in [0.25, 0.3) is 5.91 Å². The molecule has 0 saturated heterocycles. The number of nitrogens with zero attached hydrogens (tertiary/aromatic N) is 1. The van der Waals surface area contributed by atoms with E-state index in [1.54, 1.807) is 0 Å². The Balaban J connectivity index is 2.15. The number of benzene rings is 1. The van der Waals surface area contributed by atoms with Gasteiger partial charge in [-0.05, 0) is 24.6 Å². The van der Waals surface area contributed by atoms with Gasteiger partial charge in [-0.15, -0.1) is 11.3 Å². The van der Waals surface area contributed by atoms with Gasteiger partial charge in [-0.1, -0.05) is 18.5 Å². The summed E-state index contributed by atoms with van der Waals surface area (Å²) in [5.74, 6) is -1.40. The minimum atomic E-state index is -1.11. The van der Waals surface area contributed by atoms with Crippen LogP contribution in [0.2, 0.25) is 5.02 Å². The number of hydrogen-bond acceptors (Lipinski definition) is 4. The predicted molar refractivity (Wildman–Crippen MR) is 77.9 cm³/mol. The lowest BCUT2D eigenvalue weighted by Gasteiger charge is -2.05. The fourth-order valence-corrected chi connectivity index (χ4v) is 2.55. The highest BCUT2D eigenvalue weighted by molar-refractivity contribution is 7.13. The van der Waals surface area contributed by atoms with Crippen LogP contribution in [0.5, 0.6) is 0 Å². The molecule has 7 heteroatoms. The molecule has 1 heterocycles. The molecule has 0 atom stereocenters. The molecule has 2 N–H and O–H groups in total. The Morgan fingerprint density at radius 3 is 2.75 bits per heavy atom. The third-order valence-corrected chi connectivity index (χ3v) is 3.99. The van der Waals surface area contributed by atoms with E-state index in [0.29, 0.717) is 10.6 Å². The van der Waals surface area contributed by atoms with Gasteiger partial charge in [0.2, 0.25) is 0 Å². The second-order valence-electron chi connectivity index (χ2n) is 3.93. The van der Waals surface area contributed by atoms with Gasteiger partial charge in [0.15, 0.2) is 0 Å². The summed E-state index contributed by atoms with van der Waals surface area (Å²) < 4.78 is 0. The number of thiazole rings is 1. The largest absolute Gasteiger partial charge is 0.478 e. The van der Waals surface area contributed by atoms with Crippen molar-refractivity contribution in [3.63, 3.8) is 0 Å². The van der Waals surface area contributed by atoms with Gasteiger partial charge in [-0.3, -0.25) is 4.79 Å². The maximum Gasteiger partial charge on any atom is 0.337 e. The summed E-state index contributed by atoms with van der Waals surface area (Å²) in [6, 6.07) is 4.25. The van der Waals surface area contributed by atoms with Crippen LogP contribution in [0, 0.1) is 0 Å². The lowest BCUT2D eigenvalue weighted by atomic mass is 10.2. The second-order valence-corrected chi connectivity index (χ2v) is 5.45. The van der Waals surface area contributed by atoms with Gasteiger partial charge in [0.05, 0.1) is 21.8 Å². The Hall–Kier alpha value is -1.92. The van der Waals surface area contributed by atoms with E-state index >= 15 is 0 Å². The molecule has 5 nitrogen and oxygen atoms in total. The number of nitrogens with one attached hydrogen (secondary N) is 1. The average Bonchev–Trinajstić information content (AvgIpc) is 2.87. The third-order valence-electron chi connectivity index (χ3n) is 2.54. The van der Waals surface area contributed by atoms with Crippen molar-refractivity contribution in [3.8, 4) is 0 Å². The monoisotopic (exact) mass is 310 g/mol. The van der Waals surface area contributed by atoms with Crippen molar-refractivity contribution in [1.82, 2.24) is 4.98 Å². The number of amides is 1. The highest BCUT2D eigenvalue weighted by Crippen LogP contribution is 2.22. The van der Waals surface area contributed by atoms with Crippen molar-refractivity contribution in [2.45, 2.75) is 13.3 Å². The molecule has 0 spiro atoms. The zero-order valence-electron chi connectivity index (χ0n) is 10.5. The molecule has 1 amide bonds. The van der Waals surface area contributed by atoms with E-state index < -0.39 is 5.97 Å². The summed E-state index contributed by atoms with van der Waals surface area (Å²) in [6.45, 7) is 1.96. The molecule has 104 valence electrons. The van der Waals surface area contributed by atoms with Gasteiger partial charge >= 0.3 is 5.97 Å². The molecule has 1 aromatic heterocycles. The van der Waals surface area contributed by atoms with Crippen molar-refractivity contribution in [2.75, 3.05) is 5.32 Å². The van der Waals surface area contributed by atoms with E-state index in [4.69, 9.17) is 16.7 Å². The number of aryl methyl sites for hydroxylation is 1. The number of carbonyl (C=O) groups is 2. The number of carbonyl (C=O) groups excluding carboxylic acids is 1. The summed E-state index contributed by atoms with van der Waals surface area (Å²) in [5, 5.41) is 12.5. The Bertz CT molecular complexity index is 669. The first-order chi connectivity index (χ1) is 9.51. The van der Waals surface area contributed by atoms with Crippen molar-refractivity contribution < 1.29 is 14.7 Å². The minimum absolute atomic E-state index is 0.00396. The van der Waals surface area contributed by atoms with Crippen LogP contribution in [0.3, 0.4) is 0 Å². The molecule has 0 aliphatic carbocycles. The standard InChI is InChI=1S/C13H11ClN2O3S/c1-2-11-15-6-10(20-11)12(17)16-7-3-4-8(13(18)19)9(14)5-7/h3-6H,2H2,1H3,(H,16,17)(H,18,19). The van der Waals surface area contributed by atoms with Gasteiger partial charge in [-0.25, -0.2) is 9.78 Å². The Morgan fingerprint density at radius 1 is 1.45 bits per heavy atom. The summed E-state index contributed by atoms with van der Waals surface area (Å²) in [7, 11) is 0. The fraction of sp³-hybridized carbons (Fsp3) is 0.154. The quantitative estimate of drug-likeness (QED) is 0.908. The van der Waals surface area contributed by atoms with E-state index in [1.807, 2.05) is 6.92 Å². The van der Waals surface area contributed by atoms with Gasteiger partial charge in [0, 0.05) is 5.69 Å². The zero-order valence-corrected chi connectivity index (χ0v) is 12.1. The Morgan fingerprint density at radius 2 is 2.20 bits per heavy atom. The molecule has 0 bridgehead atoms. The minimum Gasteiger partial charge on any atom is -0.478 e. The van der Waals surface area contributed by atoms with Crippen molar-refractivity contribution in [3.05, 3.63) is 44.9 Å². The molecule has 0 saturated carbocycles. The smallest absolute Gasteiger partial charge is 0.337 e. The molecule has 0 fully saturated rings. The number of hydrogen-bond donors (Lipinski definition) is 2. The van der Waals surface area contributed by atoms with Crippen LogP contribution in [0.25, 0.3) is 0 Å². The summed E-state index contributed by atoms with van der Waals surface area (Å²) >= 11 is 7.16. The number of halogens is 1. The molecule has 2 aromatic rings. The number of aromatic carboxylic acids is 1. The number of aromatic nitrogens is 1. The molecule has 0 aliphatic heterocycles. The van der Waals surface area contributed by atoms with E-state index in [9.17, 15) is 9.59 Å². The maximum absolute atomic E-state index is 12.0. The van der Waals surface area contributed by atoms with Crippen molar-refractivity contribution in [2.24, 2.45) is 0 Å². The first-order valence-electron chi connectivity index (χ1n) is 5.80. The van der Waals surface area contributed by atoms with Crippen LogP contribution in [-0.2, 0) is 6.42 Å². The van der Waals surface area contributed by atoms with Crippen LogP contribution in [0.1, 0.15) is 32.0 Å². The molecule has 1 aromatic carbocycles. The maximum atomic E-state index is 12.0. The number of anilines is 1. The SMILES string of the molecule is CCc1ncc(C(=O)Nc2ccc(C(=O)O)c(Cl)c2)s1. The number of carboxylic acids is 1. The lowest BCUT2D eigenvalue weighted by Crippen LogP contribution is -2.10. The van der Waals surface area contributed by atoms with Gasteiger partial charge in [-0.2, -0.15) is 0 Å². The Labute approximate surface area is 124 Å². The second kappa shape index (κ2) is 6.02. The predicted octanol–water partition coefficient (Wildman–Crippen LogP) is 3.31. The van der Waals surface area contributed by atoms with Gasteiger partial charge in [0.1, 0.15) is 4.88 Å². The van der Waals surface area contributed by atoms with Crippen LogP contribution in [-0.4, -0.2) is 22.0 Å². The van der Waals surface area contributed by atoms with Crippen molar-refractivity contribution >= 4 is 40.5 Å². The van der Waals surface area contributed by atoms with E-state index in [-0.39, 0.29) is 16.5 Å². The number of carboxylic acid groups (broad SMARTS) is 1. The van der Waals surface area contributed by atoms with Gasteiger partial charge < -0.3 is 10.4 Å². The molecule has 20 heavy (non-hydrogen) atoms. The molecule has 2 rings (SSSR count). The van der Waals surface area contributed by atoms with Crippen LogP contribution < -0.4 is 5.32 Å². The van der Waals surface area contributed by atoms with Crippen LogP contribution in [0.15, 0.2) is 24.4 Å². The van der Waals surface area contributed by atoms with E-state index in [0.717, 1.165) is 11.4 Å². The summed E-state index contributed by atoms with van der Waals surface area (Å²) in [5.41, 5.74) is 0.437. The third kappa shape index (κ3) is 3.15. The topological polar surface area (TPSA) is 79.3 Å². The van der Waals surface area contributed by atoms with Crippen LogP contribution in [0.4, 0.5) is 5.69 Å². The van der Waals surface area contributed by atoms with E-state index in [2.05, 4.69) is 10.3 Å². The molecular formula is C13H11ClN2O3S. The lowest BCUT2D eigenvalue weighted by molar-refractivity contribution is 0.0697. The Kier molecular flexibility index (Phi) is 4.36. The normalized spacial score (nSPS) is 10.3. The highest BCUT2D eigenvalue weighted by atomic mass is 35.5. The first-order valence-corrected chi connectivity index (χ1v) is 6.99. The van der Waals surface area contributed by atoms with Crippen molar-refractivity contribution in [1.29, 1.82) is 0 Å². The summed E-state index contributed by atoms with van der Waals surface area (Å²) in [4.78, 5) is 27.4. The molecular weight excluding hydrogens is 300 g/mol. The zero-order chi connectivity index (χ0) is 14.7. The molecule has 0 unspecified atom stereocenters. The number of rotatable bonds is 4. The van der Waals surface area contributed by atoms with E-state index in [1.165, 1.54) is 35.7 Å². The highest BCUT2D eigenvalue weighted by Gasteiger charge is 2.13. The van der Waals surface area contributed by atoms with Crippen LogP contribution >= 0.6 is 22.9 Å².